The molecular formula is C25H35N3OS. The third kappa shape index (κ3) is 4.45. The monoisotopic (exact) mass is 425 g/mol. The van der Waals surface area contributed by atoms with Gasteiger partial charge in [0.25, 0.3) is 0 Å². The van der Waals surface area contributed by atoms with Gasteiger partial charge in [-0.05, 0) is 73.2 Å². The Morgan fingerprint density at radius 1 is 1.00 bits per heavy atom. The number of rotatable bonds is 6. The third-order valence-corrected chi connectivity index (χ3v) is 8.33. The van der Waals surface area contributed by atoms with E-state index in [1.54, 1.807) is 11.1 Å². The topological polar surface area (TPSA) is 30.0 Å². The van der Waals surface area contributed by atoms with E-state index in [0.29, 0.717) is 12.1 Å². The number of piperidine rings is 1. The number of aliphatic hydroxyl groups excluding tert-OH is 1. The molecule has 2 aliphatic heterocycles. The summed E-state index contributed by atoms with van der Waals surface area (Å²) in [5.74, 6) is 0. The molecule has 1 aromatic heterocycles. The Labute approximate surface area is 185 Å². The molecule has 5 rings (SSSR count). The highest BCUT2D eigenvalue weighted by atomic mass is 32.1. The number of anilines is 1. The number of hydrogen-bond donors (Lipinski definition) is 1. The Morgan fingerprint density at radius 3 is 2.67 bits per heavy atom. The first-order valence-electron chi connectivity index (χ1n) is 11.8. The van der Waals surface area contributed by atoms with Crippen molar-refractivity contribution in [2.45, 2.75) is 57.2 Å². The first kappa shape index (κ1) is 20.5. The molecule has 5 heteroatoms. The zero-order valence-corrected chi connectivity index (χ0v) is 18.8. The van der Waals surface area contributed by atoms with Gasteiger partial charge in [0, 0.05) is 68.5 Å². The summed E-state index contributed by atoms with van der Waals surface area (Å²) in [6.07, 6.45) is 7.26. The van der Waals surface area contributed by atoms with Crippen LogP contribution in [0, 0.1) is 0 Å². The Balaban J connectivity index is 1.17. The molecule has 0 spiro atoms. The van der Waals surface area contributed by atoms with Gasteiger partial charge < -0.3 is 10.0 Å². The molecule has 0 saturated carbocycles. The van der Waals surface area contributed by atoms with Crippen LogP contribution in [0.2, 0.25) is 0 Å². The Hall–Kier alpha value is -1.40. The minimum atomic E-state index is 0.288. The van der Waals surface area contributed by atoms with E-state index in [4.69, 9.17) is 0 Å². The van der Waals surface area contributed by atoms with Gasteiger partial charge >= 0.3 is 0 Å². The summed E-state index contributed by atoms with van der Waals surface area (Å²) in [5.41, 5.74) is 4.60. The third-order valence-electron chi connectivity index (χ3n) is 7.47. The maximum Gasteiger partial charge on any atom is 0.0446 e. The van der Waals surface area contributed by atoms with Crippen LogP contribution in [0.25, 0.3) is 0 Å². The fourth-order valence-corrected chi connectivity index (χ4v) is 6.46. The van der Waals surface area contributed by atoms with Crippen LogP contribution >= 0.6 is 11.3 Å². The lowest BCUT2D eigenvalue weighted by molar-refractivity contribution is 0.0260. The zero-order valence-electron chi connectivity index (χ0n) is 18.0. The predicted molar refractivity (Wildman–Crippen MR) is 125 cm³/mol. The van der Waals surface area contributed by atoms with Crippen LogP contribution in [0.5, 0.6) is 0 Å². The molecule has 2 aromatic rings. The summed E-state index contributed by atoms with van der Waals surface area (Å²) in [6, 6.07) is 12.7. The molecule has 1 N–H and O–H groups in total. The summed E-state index contributed by atoms with van der Waals surface area (Å²) < 4.78 is 0. The van der Waals surface area contributed by atoms with Crippen LogP contribution < -0.4 is 4.90 Å². The lowest BCUT2D eigenvalue weighted by Gasteiger charge is -2.46. The molecule has 0 unspecified atom stereocenters. The maximum absolute atomic E-state index is 9.64. The van der Waals surface area contributed by atoms with Gasteiger partial charge in [-0.1, -0.05) is 12.1 Å². The molecule has 0 radical (unpaired) electrons. The van der Waals surface area contributed by atoms with Crippen molar-refractivity contribution in [2.75, 3.05) is 44.2 Å². The number of aryl methyl sites for hydroxylation is 2. The highest BCUT2D eigenvalue weighted by molar-refractivity contribution is 7.09. The van der Waals surface area contributed by atoms with Gasteiger partial charge in [0.05, 0.1) is 0 Å². The number of thiophene rings is 1. The Morgan fingerprint density at radius 2 is 1.87 bits per heavy atom. The van der Waals surface area contributed by atoms with Crippen molar-refractivity contribution in [1.82, 2.24) is 9.80 Å². The van der Waals surface area contributed by atoms with Crippen LogP contribution in [-0.4, -0.2) is 66.3 Å². The van der Waals surface area contributed by atoms with Gasteiger partial charge in [-0.25, -0.2) is 0 Å². The largest absolute Gasteiger partial charge is 0.396 e. The van der Waals surface area contributed by atoms with Crippen molar-refractivity contribution in [3.8, 4) is 0 Å². The summed E-state index contributed by atoms with van der Waals surface area (Å²) in [7, 11) is 0. The molecule has 30 heavy (non-hydrogen) atoms. The molecule has 0 amide bonds. The van der Waals surface area contributed by atoms with Gasteiger partial charge in [0.1, 0.15) is 0 Å². The summed E-state index contributed by atoms with van der Waals surface area (Å²) in [6.45, 7) is 7.05. The van der Waals surface area contributed by atoms with E-state index >= 15 is 0 Å². The van der Waals surface area contributed by atoms with Crippen molar-refractivity contribution in [2.24, 2.45) is 0 Å². The van der Waals surface area contributed by atoms with E-state index in [9.17, 15) is 5.11 Å². The number of hydrogen-bond acceptors (Lipinski definition) is 5. The molecule has 162 valence electrons. The molecule has 1 atom stereocenters. The van der Waals surface area contributed by atoms with Gasteiger partial charge in [0.2, 0.25) is 0 Å². The minimum absolute atomic E-state index is 0.288. The minimum Gasteiger partial charge on any atom is -0.396 e. The summed E-state index contributed by atoms with van der Waals surface area (Å²) >= 11 is 1.85. The Kier molecular flexibility index (Phi) is 6.42. The van der Waals surface area contributed by atoms with Crippen LogP contribution in [0.1, 0.15) is 41.7 Å². The van der Waals surface area contributed by atoms with Gasteiger partial charge in [0.15, 0.2) is 0 Å². The van der Waals surface area contributed by atoms with Gasteiger partial charge in [-0.3, -0.25) is 9.80 Å². The average Bonchev–Trinajstić information content (AvgIpc) is 3.46. The molecule has 2 fully saturated rings. The standard InChI is InChI=1S/C25H35N3OS/c29-15-10-24-18-27(13-14-28(24)19-25-5-2-16-30-25)22-8-11-26(12-9-22)23-7-6-20-3-1-4-21(20)17-23/h2,5-7,16-17,22,24,29H,1,3-4,8-15,18-19H2/t24-/m1/s1. The smallest absolute Gasteiger partial charge is 0.0446 e. The van der Waals surface area contributed by atoms with E-state index in [2.05, 4.69) is 50.4 Å². The quantitative estimate of drug-likeness (QED) is 0.763. The number of nitrogens with zero attached hydrogens (tertiary/aromatic N) is 3. The van der Waals surface area contributed by atoms with Gasteiger partial charge in [-0.15, -0.1) is 11.3 Å². The number of aliphatic hydroxyl groups is 1. The first-order chi connectivity index (χ1) is 14.8. The van der Waals surface area contributed by atoms with Crippen molar-refractivity contribution >= 4 is 17.0 Å². The normalized spacial score (nSPS) is 23.8. The molecule has 1 aromatic carbocycles. The van der Waals surface area contributed by atoms with Crippen molar-refractivity contribution in [3.05, 3.63) is 51.7 Å². The fraction of sp³-hybridized carbons (Fsp3) is 0.600. The zero-order chi connectivity index (χ0) is 20.3. The number of fused-ring (bicyclic) bond motifs is 1. The molecule has 0 bridgehead atoms. The molecule has 4 nitrogen and oxygen atoms in total. The van der Waals surface area contributed by atoms with E-state index in [-0.39, 0.29) is 6.61 Å². The first-order valence-corrected chi connectivity index (χ1v) is 12.7. The van der Waals surface area contributed by atoms with E-state index in [1.165, 1.54) is 55.8 Å². The highest BCUT2D eigenvalue weighted by Gasteiger charge is 2.32. The highest BCUT2D eigenvalue weighted by Crippen LogP contribution is 2.30. The van der Waals surface area contributed by atoms with Crippen molar-refractivity contribution in [1.29, 1.82) is 0 Å². The molecular weight excluding hydrogens is 390 g/mol. The molecule has 1 aliphatic carbocycles. The molecule has 2 saturated heterocycles. The second-order valence-corrected chi connectivity index (χ2v) is 10.3. The van der Waals surface area contributed by atoms with Crippen molar-refractivity contribution < 1.29 is 5.11 Å². The second kappa shape index (κ2) is 9.39. The van der Waals surface area contributed by atoms with Crippen LogP contribution in [0.4, 0.5) is 5.69 Å². The fourth-order valence-electron chi connectivity index (χ4n) is 5.73. The molecule has 3 heterocycles. The Bertz CT molecular complexity index is 816. The second-order valence-electron chi connectivity index (χ2n) is 9.24. The van der Waals surface area contributed by atoms with Crippen LogP contribution in [-0.2, 0) is 19.4 Å². The number of piperazine rings is 1. The summed E-state index contributed by atoms with van der Waals surface area (Å²) in [5, 5.41) is 11.8. The van der Waals surface area contributed by atoms with E-state index < -0.39 is 0 Å². The average molecular weight is 426 g/mol. The maximum atomic E-state index is 9.64. The van der Waals surface area contributed by atoms with E-state index in [0.717, 1.165) is 32.6 Å². The molecule has 3 aliphatic rings. The van der Waals surface area contributed by atoms with Gasteiger partial charge in [-0.2, -0.15) is 0 Å². The lowest BCUT2D eigenvalue weighted by Crippen LogP contribution is -2.57. The number of benzene rings is 1. The summed E-state index contributed by atoms with van der Waals surface area (Å²) in [4.78, 5) is 9.37. The predicted octanol–water partition coefficient (Wildman–Crippen LogP) is 3.77. The lowest BCUT2D eigenvalue weighted by atomic mass is 9.98. The van der Waals surface area contributed by atoms with E-state index in [1.807, 2.05) is 11.3 Å². The SMILES string of the molecule is OCC[C@@H]1CN(C2CCN(c3ccc4c(c3)CCC4)CC2)CCN1Cc1cccs1. The van der Waals surface area contributed by atoms with Crippen molar-refractivity contribution in [3.63, 3.8) is 0 Å². The van der Waals surface area contributed by atoms with Crippen LogP contribution in [0.3, 0.4) is 0 Å². The van der Waals surface area contributed by atoms with Crippen LogP contribution in [0.15, 0.2) is 35.7 Å².